The highest BCUT2D eigenvalue weighted by molar-refractivity contribution is 5.10. The molecule has 0 bridgehead atoms. The summed E-state index contributed by atoms with van der Waals surface area (Å²) in [5.74, 6) is 5.19. The van der Waals surface area contributed by atoms with Gasteiger partial charge in [0.2, 0.25) is 0 Å². The van der Waals surface area contributed by atoms with E-state index in [2.05, 4.69) is 11.8 Å². The lowest BCUT2D eigenvalue weighted by molar-refractivity contribution is 0.0466. The average Bonchev–Trinajstić information content (AvgIpc) is 1.77. The largest absolute Gasteiger partial charge is 0.389 e. The van der Waals surface area contributed by atoms with E-state index in [0.29, 0.717) is 12.8 Å². The number of rotatable bonds is 0. The fraction of sp³-hybridized carbons (Fsp3) is 0.667. The van der Waals surface area contributed by atoms with Gasteiger partial charge in [-0.1, -0.05) is 5.92 Å². The maximum absolute atomic E-state index is 8.83. The summed E-state index contributed by atoms with van der Waals surface area (Å²) in [6.07, 6.45) is -0.105. The summed E-state index contributed by atoms with van der Waals surface area (Å²) >= 11 is 0. The van der Waals surface area contributed by atoms with Gasteiger partial charge < -0.3 is 10.2 Å². The van der Waals surface area contributed by atoms with Gasteiger partial charge in [-0.15, -0.1) is 5.92 Å². The number of aliphatic hydroxyl groups is 2. The van der Waals surface area contributed by atoms with Crippen LogP contribution in [-0.4, -0.2) is 22.4 Å². The van der Waals surface area contributed by atoms with E-state index in [1.54, 1.807) is 0 Å². The number of hydrogen-bond acceptors (Lipinski definition) is 2. The minimum Gasteiger partial charge on any atom is -0.389 e. The van der Waals surface area contributed by atoms with Crippen LogP contribution in [0.2, 0.25) is 0 Å². The molecule has 0 saturated heterocycles. The van der Waals surface area contributed by atoms with Crippen molar-refractivity contribution >= 4 is 0 Å². The van der Waals surface area contributed by atoms with E-state index in [9.17, 15) is 0 Å². The summed E-state index contributed by atoms with van der Waals surface area (Å²) in [5, 5.41) is 17.6. The predicted octanol–water partition coefficient (Wildman–Crippen LogP) is -0.495. The van der Waals surface area contributed by atoms with E-state index in [1.165, 1.54) is 0 Å². The second-order valence-corrected chi connectivity index (χ2v) is 1.87. The highest BCUT2D eigenvalue weighted by atomic mass is 16.3. The van der Waals surface area contributed by atoms with Gasteiger partial charge in [-0.2, -0.15) is 0 Å². The van der Waals surface area contributed by atoms with Gasteiger partial charge >= 0.3 is 0 Å². The number of hydrogen-bond donors (Lipinski definition) is 2. The average molecular weight is 112 g/mol. The minimum atomic E-state index is -0.802. The third kappa shape index (κ3) is 1.00. The molecule has 0 unspecified atom stereocenters. The van der Waals surface area contributed by atoms with Crippen molar-refractivity contribution in [3.8, 4) is 11.8 Å². The fourth-order valence-electron chi connectivity index (χ4n) is 0.651. The van der Waals surface area contributed by atoms with E-state index in [1.807, 2.05) is 0 Å². The van der Waals surface area contributed by atoms with Crippen LogP contribution in [0.5, 0.6) is 0 Å². The molecule has 8 heavy (non-hydrogen) atoms. The lowest BCUT2D eigenvalue weighted by Crippen LogP contribution is -2.25. The summed E-state index contributed by atoms with van der Waals surface area (Å²) in [6, 6.07) is 0. The van der Waals surface area contributed by atoms with Gasteiger partial charge in [0.1, 0.15) is 6.10 Å². The van der Waals surface area contributed by atoms with E-state index in [4.69, 9.17) is 10.2 Å². The van der Waals surface area contributed by atoms with Crippen molar-refractivity contribution in [2.45, 2.75) is 25.0 Å². The molecule has 0 radical (unpaired) electrons. The van der Waals surface area contributed by atoms with E-state index in [0.717, 1.165) is 0 Å². The van der Waals surface area contributed by atoms with Gasteiger partial charge in [-0.25, -0.2) is 0 Å². The Morgan fingerprint density at radius 1 is 1.38 bits per heavy atom. The molecule has 0 saturated carbocycles. The SMILES string of the molecule is O[C@@H]1C#CCC[C@@H]1O. The topological polar surface area (TPSA) is 40.5 Å². The summed E-state index contributed by atoms with van der Waals surface area (Å²) in [6.45, 7) is 0. The first-order valence-electron chi connectivity index (χ1n) is 2.65. The molecule has 0 aromatic heterocycles. The van der Waals surface area contributed by atoms with Crippen molar-refractivity contribution in [2.24, 2.45) is 0 Å². The first-order chi connectivity index (χ1) is 3.80. The molecule has 2 heteroatoms. The lowest BCUT2D eigenvalue weighted by atomic mass is 10.1. The Morgan fingerprint density at radius 3 is 2.50 bits per heavy atom. The monoisotopic (exact) mass is 112 g/mol. The molecule has 0 heterocycles. The zero-order valence-corrected chi connectivity index (χ0v) is 4.46. The molecule has 1 aliphatic carbocycles. The molecule has 0 aliphatic heterocycles. The van der Waals surface area contributed by atoms with Crippen molar-refractivity contribution < 1.29 is 10.2 Å². The molecule has 44 valence electrons. The highest BCUT2D eigenvalue weighted by Crippen LogP contribution is 2.04. The van der Waals surface area contributed by atoms with Gasteiger partial charge in [0, 0.05) is 6.42 Å². The van der Waals surface area contributed by atoms with Crippen LogP contribution in [-0.2, 0) is 0 Å². The van der Waals surface area contributed by atoms with Gasteiger partial charge in [0.15, 0.2) is 0 Å². The predicted molar refractivity (Wildman–Crippen MR) is 29.0 cm³/mol. The quantitative estimate of drug-likeness (QED) is 0.415. The van der Waals surface area contributed by atoms with Crippen LogP contribution in [0.3, 0.4) is 0 Å². The summed E-state index contributed by atoms with van der Waals surface area (Å²) in [4.78, 5) is 0. The Bertz CT molecular complexity index is 131. The summed E-state index contributed by atoms with van der Waals surface area (Å²) in [7, 11) is 0. The third-order valence-corrected chi connectivity index (χ3v) is 1.18. The maximum atomic E-state index is 8.83. The fourth-order valence-corrected chi connectivity index (χ4v) is 0.651. The Labute approximate surface area is 48.1 Å². The molecule has 1 aliphatic rings. The second-order valence-electron chi connectivity index (χ2n) is 1.87. The molecule has 1 rings (SSSR count). The molecule has 2 N–H and O–H groups in total. The molecular formula is C6H8O2. The van der Waals surface area contributed by atoms with E-state index >= 15 is 0 Å². The van der Waals surface area contributed by atoms with Crippen LogP contribution in [0.1, 0.15) is 12.8 Å². The zero-order chi connectivity index (χ0) is 5.98. The van der Waals surface area contributed by atoms with Crippen molar-refractivity contribution in [1.82, 2.24) is 0 Å². The van der Waals surface area contributed by atoms with Gasteiger partial charge in [0.05, 0.1) is 6.10 Å². The Balaban J connectivity index is 2.55. The van der Waals surface area contributed by atoms with Crippen LogP contribution in [0.4, 0.5) is 0 Å². The van der Waals surface area contributed by atoms with Crippen molar-refractivity contribution in [3.63, 3.8) is 0 Å². The third-order valence-electron chi connectivity index (χ3n) is 1.18. The molecule has 2 atom stereocenters. The van der Waals surface area contributed by atoms with E-state index in [-0.39, 0.29) is 0 Å². The summed E-state index contributed by atoms with van der Waals surface area (Å²) in [5.41, 5.74) is 0. The van der Waals surface area contributed by atoms with Crippen LogP contribution in [0, 0.1) is 11.8 Å². The normalized spacial score (nSPS) is 35.8. The molecule has 0 aromatic carbocycles. The highest BCUT2D eigenvalue weighted by Gasteiger charge is 2.14. The Hall–Kier alpha value is -0.520. The van der Waals surface area contributed by atoms with Crippen LogP contribution < -0.4 is 0 Å². The van der Waals surface area contributed by atoms with Crippen molar-refractivity contribution in [2.75, 3.05) is 0 Å². The maximum Gasteiger partial charge on any atom is 0.140 e. The van der Waals surface area contributed by atoms with Crippen molar-refractivity contribution in [1.29, 1.82) is 0 Å². The summed E-state index contributed by atoms with van der Waals surface area (Å²) < 4.78 is 0. The van der Waals surface area contributed by atoms with E-state index < -0.39 is 12.2 Å². The number of aliphatic hydroxyl groups excluding tert-OH is 2. The zero-order valence-electron chi connectivity index (χ0n) is 4.46. The molecule has 0 aromatic rings. The van der Waals surface area contributed by atoms with Gasteiger partial charge in [0.25, 0.3) is 0 Å². The first kappa shape index (κ1) is 5.61. The smallest absolute Gasteiger partial charge is 0.140 e. The van der Waals surface area contributed by atoms with Crippen molar-refractivity contribution in [3.05, 3.63) is 0 Å². The standard InChI is InChI=1S/C6H8O2/c7-5-3-1-2-4-6(5)8/h5-8H,1,3H2/t5-,6+/m0/s1. The van der Waals surface area contributed by atoms with Crippen LogP contribution >= 0.6 is 0 Å². The minimum absolute atomic E-state index is 0.605. The van der Waals surface area contributed by atoms with Gasteiger partial charge in [-0.3, -0.25) is 0 Å². The first-order valence-corrected chi connectivity index (χ1v) is 2.65. The lowest BCUT2D eigenvalue weighted by Gasteiger charge is -2.13. The molecule has 2 nitrogen and oxygen atoms in total. The van der Waals surface area contributed by atoms with Crippen LogP contribution in [0.15, 0.2) is 0 Å². The molecule has 0 spiro atoms. The van der Waals surface area contributed by atoms with Crippen LogP contribution in [0.25, 0.3) is 0 Å². The van der Waals surface area contributed by atoms with Gasteiger partial charge in [-0.05, 0) is 6.42 Å². The second kappa shape index (κ2) is 2.17. The Morgan fingerprint density at radius 2 is 2.12 bits per heavy atom. The molecular weight excluding hydrogens is 104 g/mol. The Kier molecular flexibility index (Phi) is 1.52. The molecule has 0 fully saturated rings. The molecule has 0 amide bonds.